The van der Waals surface area contributed by atoms with Crippen LogP contribution in [0.25, 0.3) is 0 Å². The number of rotatable bonds is 8. The Bertz CT molecular complexity index is 1500. The van der Waals surface area contributed by atoms with E-state index in [2.05, 4.69) is 19.8 Å². The van der Waals surface area contributed by atoms with Gasteiger partial charge in [-0.1, -0.05) is 0 Å². The van der Waals surface area contributed by atoms with Crippen molar-refractivity contribution in [2.45, 2.75) is 48.4 Å². The smallest absolute Gasteiger partial charge is 0.379 e. The van der Waals surface area contributed by atoms with Crippen molar-refractivity contribution in [1.29, 1.82) is 0 Å². The fraction of sp³-hybridized carbons (Fsp3) is 0.591. The number of fused-ring (bicyclic) bond motifs is 3. The van der Waals surface area contributed by atoms with Gasteiger partial charge in [-0.05, 0) is 25.8 Å². The molecule has 0 bridgehead atoms. The lowest BCUT2D eigenvalue weighted by molar-refractivity contribution is -0.142. The number of amides is 1. The van der Waals surface area contributed by atoms with Crippen molar-refractivity contribution in [3.05, 3.63) is 34.0 Å². The Labute approximate surface area is 239 Å². The Morgan fingerprint density at radius 3 is 2.55 bits per heavy atom. The summed E-state index contributed by atoms with van der Waals surface area (Å²) in [6.07, 6.45) is -8.51. The van der Waals surface area contributed by atoms with E-state index in [0.717, 1.165) is 18.1 Å². The van der Waals surface area contributed by atoms with Gasteiger partial charge < -0.3 is 19.3 Å². The maximum atomic E-state index is 13.2. The van der Waals surface area contributed by atoms with Gasteiger partial charge in [0, 0.05) is 19.6 Å². The quantitative estimate of drug-likeness (QED) is 0.247. The predicted octanol–water partition coefficient (Wildman–Crippen LogP) is 2.35. The molecule has 1 saturated heterocycles. The van der Waals surface area contributed by atoms with Crippen LogP contribution in [0.1, 0.15) is 31.5 Å². The maximum Gasteiger partial charge on any atom is 0.434 e. The number of sulfone groups is 1. The van der Waals surface area contributed by atoms with Gasteiger partial charge in [0.2, 0.25) is 15.7 Å². The molecule has 2 aromatic rings. The number of carbonyl (C=O) groups excluding carboxylic acids is 1. The first-order chi connectivity index (χ1) is 19.4. The predicted molar refractivity (Wildman–Crippen MR) is 137 cm³/mol. The van der Waals surface area contributed by atoms with Gasteiger partial charge in [-0.3, -0.25) is 9.59 Å². The highest BCUT2D eigenvalue weighted by Crippen LogP contribution is 2.36. The number of anilines is 2. The monoisotopic (exact) mass is 645 g/mol. The average molecular weight is 646 g/mol. The first-order valence-electron chi connectivity index (χ1n) is 12.3. The Morgan fingerprint density at radius 1 is 1.17 bits per heavy atom. The fourth-order valence-corrected chi connectivity index (χ4v) is 6.68. The van der Waals surface area contributed by atoms with Gasteiger partial charge in [0.25, 0.3) is 5.56 Å². The zero-order valence-corrected chi connectivity index (χ0v) is 23.7. The molecule has 2 aliphatic rings. The molecule has 2 N–H and O–H groups in total. The largest absolute Gasteiger partial charge is 0.434 e. The Balaban J connectivity index is 1.29. The third-order valence-electron chi connectivity index (χ3n) is 6.31. The van der Waals surface area contributed by atoms with Gasteiger partial charge >= 0.3 is 12.4 Å². The van der Waals surface area contributed by atoms with Crippen LogP contribution in [0.5, 0.6) is 0 Å². The van der Waals surface area contributed by atoms with Crippen LogP contribution < -0.4 is 15.2 Å². The van der Waals surface area contributed by atoms with E-state index in [-0.39, 0.29) is 51.0 Å². The zero-order valence-electron chi connectivity index (χ0n) is 22.0. The van der Waals surface area contributed by atoms with Crippen LogP contribution in [0.2, 0.25) is 0 Å². The molecule has 0 unspecified atom stereocenters. The van der Waals surface area contributed by atoms with Crippen molar-refractivity contribution in [3.8, 4) is 0 Å². The van der Waals surface area contributed by atoms with Crippen molar-refractivity contribution in [3.63, 3.8) is 0 Å². The van der Waals surface area contributed by atoms with E-state index in [1.807, 2.05) is 0 Å². The van der Waals surface area contributed by atoms with E-state index < -0.39 is 66.3 Å². The van der Waals surface area contributed by atoms with Gasteiger partial charge in [0.1, 0.15) is 5.56 Å². The second-order valence-corrected chi connectivity index (χ2v) is 13.6. The molecule has 2 aromatic heterocycles. The summed E-state index contributed by atoms with van der Waals surface area (Å²) < 4.78 is 111. The van der Waals surface area contributed by atoms with Crippen molar-refractivity contribution < 1.29 is 44.3 Å². The molecular formula is C22H25F6N7O5S2. The molecule has 20 heteroatoms. The number of alkyl halides is 6. The number of piperazine rings is 1. The standard InChI is InChI=1S/C22H25F6N7O5S2/c1-20(2,41-33-13-7-30-32-18(37)16(13)22(26,27)28)11-40-6-3-15(36)34-4-5-35-12(9-34)10-42(38,39)19-17(35)29-8-14(31-19)21(23,24)25/h7-8,12H,3-6,9-11H2,1-2H3,(H2,32,33,37)/t12-/m1/s1. The van der Waals surface area contributed by atoms with Crippen molar-refractivity contribution in [2.75, 3.05) is 48.2 Å². The second-order valence-electron chi connectivity index (χ2n) is 10.1. The molecular weight excluding hydrogens is 620 g/mol. The first kappa shape index (κ1) is 31.8. The van der Waals surface area contributed by atoms with Gasteiger partial charge in [-0.2, -0.15) is 31.4 Å². The highest BCUT2D eigenvalue weighted by Gasteiger charge is 2.44. The summed E-state index contributed by atoms with van der Waals surface area (Å²) in [7, 11) is -4.19. The number of aromatic amines is 1. The van der Waals surface area contributed by atoms with Crippen LogP contribution in [-0.4, -0.2) is 88.8 Å². The first-order valence-corrected chi connectivity index (χ1v) is 14.7. The highest BCUT2D eigenvalue weighted by molar-refractivity contribution is 8.01. The maximum absolute atomic E-state index is 13.2. The van der Waals surface area contributed by atoms with Crippen LogP contribution in [0, 0.1) is 0 Å². The molecule has 1 amide bonds. The molecule has 0 saturated carbocycles. The third kappa shape index (κ3) is 7.08. The molecule has 1 fully saturated rings. The average Bonchev–Trinajstić information content (AvgIpc) is 2.88. The highest BCUT2D eigenvalue weighted by atomic mass is 32.2. The lowest BCUT2D eigenvalue weighted by Crippen LogP contribution is -2.59. The van der Waals surface area contributed by atoms with E-state index in [4.69, 9.17) is 4.74 Å². The number of hydrogen-bond acceptors (Lipinski definition) is 11. The Kier molecular flexibility index (Phi) is 8.72. The van der Waals surface area contributed by atoms with E-state index in [9.17, 15) is 44.3 Å². The molecule has 12 nitrogen and oxygen atoms in total. The number of ether oxygens (including phenoxy) is 1. The molecule has 2 aliphatic heterocycles. The van der Waals surface area contributed by atoms with Crippen LogP contribution >= 0.6 is 11.9 Å². The number of H-pyrrole nitrogens is 1. The summed E-state index contributed by atoms with van der Waals surface area (Å²) in [6, 6.07) is -0.727. The van der Waals surface area contributed by atoms with E-state index >= 15 is 0 Å². The zero-order chi connectivity index (χ0) is 31.1. The van der Waals surface area contributed by atoms with Crippen LogP contribution in [-0.2, 0) is 31.7 Å². The van der Waals surface area contributed by atoms with Gasteiger partial charge in [-0.15, -0.1) is 0 Å². The number of nitrogens with one attached hydrogen (secondary N) is 2. The summed E-state index contributed by atoms with van der Waals surface area (Å²) >= 11 is 0.868. The number of nitrogens with zero attached hydrogens (tertiary/aromatic N) is 5. The number of aromatic nitrogens is 4. The van der Waals surface area contributed by atoms with Gasteiger partial charge in [0.05, 0.1) is 54.3 Å². The Hall–Kier alpha value is -3.13. The minimum absolute atomic E-state index is 0.00273. The molecule has 4 heterocycles. The van der Waals surface area contributed by atoms with Crippen LogP contribution in [0.3, 0.4) is 0 Å². The number of hydrogen-bond donors (Lipinski definition) is 2. The van der Waals surface area contributed by atoms with Crippen molar-refractivity contribution in [2.24, 2.45) is 0 Å². The molecule has 0 aromatic carbocycles. The summed E-state index contributed by atoms with van der Waals surface area (Å²) in [5.74, 6) is -1.06. The topological polar surface area (TPSA) is 150 Å². The number of halogens is 6. The number of carbonyl (C=O) groups is 1. The van der Waals surface area contributed by atoms with E-state index in [1.165, 1.54) is 9.80 Å². The van der Waals surface area contributed by atoms with Crippen molar-refractivity contribution >= 4 is 39.2 Å². The molecule has 0 aliphatic carbocycles. The van der Waals surface area contributed by atoms with E-state index in [1.54, 1.807) is 18.9 Å². The Morgan fingerprint density at radius 2 is 1.88 bits per heavy atom. The molecule has 232 valence electrons. The van der Waals surface area contributed by atoms with Crippen LogP contribution in [0.4, 0.5) is 37.8 Å². The molecule has 42 heavy (non-hydrogen) atoms. The summed E-state index contributed by atoms with van der Waals surface area (Å²) in [4.78, 5) is 34.4. The third-order valence-corrected chi connectivity index (χ3v) is 8.99. The SMILES string of the molecule is CC(C)(COCCC(=O)N1CCN2c3ncc(C(F)(F)F)nc3S(=O)(=O)C[C@H]2C1)SNc1cn[nH]c(=O)c1C(F)(F)F. The fourth-order valence-electron chi connectivity index (χ4n) is 4.36. The molecule has 4 rings (SSSR count). The lowest BCUT2D eigenvalue weighted by Gasteiger charge is -2.44. The minimum atomic E-state index is -4.90. The van der Waals surface area contributed by atoms with Gasteiger partial charge in [-0.25, -0.2) is 23.5 Å². The van der Waals surface area contributed by atoms with E-state index in [0.29, 0.717) is 6.20 Å². The lowest BCUT2D eigenvalue weighted by atomic mass is 10.1. The van der Waals surface area contributed by atoms with Crippen LogP contribution in [0.15, 0.2) is 22.2 Å². The summed E-state index contributed by atoms with van der Waals surface area (Å²) in [6.45, 7) is 3.60. The normalized spacial score (nSPS) is 18.8. The molecule has 1 atom stereocenters. The molecule has 0 radical (unpaired) electrons. The summed E-state index contributed by atoms with van der Waals surface area (Å²) in [5.41, 5.74) is -4.73. The minimum Gasteiger partial charge on any atom is -0.379 e. The van der Waals surface area contributed by atoms with Crippen molar-refractivity contribution in [1.82, 2.24) is 25.1 Å². The second kappa shape index (κ2) is 11.5. The summed E-state index contributed by atoms with van der Waals surface area (Å²) in [5, 5.41) is 4.39. The van der Waals surface area contributed by atoms with Gasteiger partial charge in [0.15, 0.2) is 16.5 Å². The molecule has 0 spiro atoms.